The third-order valence-electron chi connectivity index (χ3n) is 4.06. The van der Waals surface area contributed by atoms with Gasteiger partial charge < -0.3 is 19.6 Å². The Morgan fingerprint density at radius 2 is 1.89 bits per heavy atom. The number of phenols is 1. The van der Waals surface area contributed by atoms with Crippen LogP contribution >= 0.6 is 0 Å². The maximum absolute atomic E-state index is 12.6. The molecule has 0 fully saturated rings. The third-order valence-corrected chi connectivity index (χ3v) is 4.06. The van der Waals surface area contributed by atoms with Crippen LogP contribution in [0.25, 0.3) is 11.0 Å². The predicted molar refractivity (Wildman–Crippen MR) is 97.6 cm³/mol. The fourth-order valence-electron chi connectivity index (χ4n) is 2.71. The minimum absolute atomic E-state index is 0.0432. The highest BCUT2D eigenvalue weighted by molar-refractivity contribution is 6.02. The average molecular weight is 367 g/mol. The quantitative estimate of drug-likeness (QED) is 0.528. The third kappa shape index (κ3) is 4.14. The van der Waals surface area contributed by atoms with E-state index in [1.54, 1.807) is 0 Å². The summed E-state index contributed by atoms with van der Waals surface area (Å²) in [4.78, 5) is 36.0. The number of esters is 1. The number of phenolic OH excluding ortho intramolecular Hbond substituents is 1. The lowest BCUT2D eigenvalue weighted by Crippen LogP contribution is -2.43. The fraction of sp³-hybridized carbons (Fsp3) is 0.150. The molecule has 0 bridgehead atoms. The van der Waals surface area contributed by atoms with Gasteiger partial charge in [-0.1, -0.05) is 30.3 Å². The molecule has 1 unspecified atom stereocenters. The van der Waals surface area contributed by atoms with Gasteiger partial charge in [-0.05, 0) is 17.7 Å². The maximum atomic E-state index is 12.6. The number of ether oxygens (including phenoxy) is 1. The van der Waals surface area contributed by atoms with Gasteiger partial charge in [0.2, 0.25) is 0 Å². The molecule has 0 spiro atoms. The molecule has 2 aromatic carbocycles. The first-order chi connectivity index (χ1) is 13.0. The van der Waals surface area contributed by atoms with Crippen LogP contribution in [-0.2, 0) is 16.0 Å². The number of hydrogen-bond acceptors (Lipinski definition) is 6. The normalized spacial score (nSPS) is 11.7. The van der Waals surface area contributed by atoms with E-state index in [2.05, 4.69) is 5.32 Å². The van der Waals surface area contributed by atoms with Crippen LogP contribution in [-0.4, -0.2) is 30.1 Å². The van der Waals surface area contributed by atoms with Crippen molar-refractivity contribution in [3.63, 3.8) is 0 Å². The maximum Gasteiger partial charge on any atom is 0.336 e. The standard InChI is InChI=1S/C20H17NO6/c1-26-20(25)15(9-12-5-3-2-4-6-12)21-19(24)14-10-13-7-8-18(23)27-17(13)11-16(14)22/h2-8,10-11,15,22H,9H2,1H3,(H,21,24). The number of nitrogens with one attached hydrogen (secondary N) is 1. The van der Waals surface area contributed by atoms with Crippen molar-refractivity contribution in [2.45, 2.75) is 12.5 Å². The molecule has 0 radical (unpaired) electrons. The summed E-state index contributed by atoms with van der Waals surface area (Å²) in [6.07, 6.45) is 0.239. The van der Waals surface area contributed by atoms with E-state index in [1.165, 1.54) is 31.4 Å². The van der Waals surface area contributed by atoms with E-state index >= 15 is 0 Å². The molecule has 0 saturated carbocycles. The van der Waals surface area contributed by atoms with Crippen molar-refractivity contribution < 1.29 is 23.8 Å². The highest BCUT2D eigenvalue weighted by Crippen LogP contribution is 2.24. The largest absolute Gasteiger partial charge is 0.507 e. The number of carbonyl (C=O) groups is 2. The van der Waals surface area contributed by atoms with Crippen LogP contribution < -0.4 is 10.9 Å². The summed E-state index contributed by atoms with van der Waals surface area (Å²) in [6, 6.07) is 13.5. The Balaban J connectivity index is 1.87. The van der Waals surface area contributed by atoms with Crippen LogP contribution in [0.5, 0.6) is 5.75 Å². The summed E-state index contributed by atoms with van der Waals surface area (Å²) < 4.78 is 9.74. The molecule has 7 nitrogen and oxygen atoms in total. The second-order valence-corrected chi connectivity index (χ2v) is 5.90. The first kappa shape index (κ1) is 18.2. The summed E-state index contributed by atoms with van der Waals surface area (Å²) in [5, 5.41) is 13.2. The van der Waals surface area contributed by atoms with Gasteiger partial charge in [0.15, 0.2) is 0 Å². The van der Waals surface area contributed by atoms with Gasteiger partial charge in [0.25, 0.3) is 5.91 Å². The number of aromatic hydroxyl groups is 1. The van der Waals surface area contributed by atoms with Gasteiger partial charge in [-0.15, -0.1) is 0 Å². The molecule has 27 heavy (non-hydrogen) atoms. The van der Waals surface area contributed by atoms with E-state index in [4.69, 9.17) is 9.15 Å². The zero-order valence-electron chi connectivity index (χ0n) is 14.5. The molecule has 2 N–H and O–H groups in total. The number of benzene rings is 2. The molecule has 0 aliphatic carbocycles. The van der Waals surface area contributed by atoms with Crippen molar-refractivity contribution in [2.24, 2.45) is 0 Å². The van der Waals surface area contributed by atoms with Crippen LogP contribution in [0, 0.1) is 0 Å². The Bertz CT molecular complexity index is 1040. The number of rotatable bonds is 5. The highest BCUT2D eigenvalue weighted by Gasteiger charge is 2.24. The molecule has 0 aliphatic rings. The zero-order chi connectivity index (χ0) is 19.4. The Kier molecular flexibility index (Phi) is 5.21. The molecule has 1 atom stereocenters. The SMILES string of the molecule is COC(=O)C(Cc1ccccc1)NC(=O)c1cc2ccc(=O)oc2cc1O. The van der Waals surface area contributed by atoms with Crippen LogP contribution in [0.2, 0.25) is 0 Å². The summed E-state index contributed by atoms with van der Waals surface area (Å²) >= 11 is 0. The number of carbonyl (C=O) groups excluding carboxylic acids is 2. The van der Waals surface area contributed by atoms with Gasteiger partial charge in [0.1, 0.15) is 17.4 Å². The Hall–Kier alpha value is -3.61. The fourth-order valence-corrected chi connectivity index (χ4v) is 2.71. The van der Waals surface area contributed by atoms with Gasteiger partial charge >= 0.3 is 11.6 Å². The monoisotopic (exact) mass is 367 g/mol. The van der Waals surface area contributed by atoms with E-state index in [1.807, 2.05) is 30.3 Å². The van der Waals surface area contributed by atoms with Crippen LogP contribution in [0.3, 0.4) is 0 Å². The first-order valence-corrected chi connectivity index (χ1v) is 8.17. The highest BCUT2D eigenvalue weighted by atomic mass is 16.5. The molecule has 1 heterocycles. The van der Waals surface area contributed by atoms with Crippen LogP contribution in [0.4, 0.5) is 0 Å². The van der Waals surface area contributed by atoms with Gasteiger partial charge in [-0.25, -0.2) is 9.59 Å². The predicted octanol–water partition coefficient (Wildman–Crippen LogP) is 2.01. The number of amides is 1. The van der Waals surface area contributed by atoms with Crippen molar-refractivity contribution in [3.05, 3.63) is 76.1 Å². The smallest absolute Gasteiger partial charge is 0.336 e. The first-order valence-electron chi connectivity index (χ1n) is 8.17. The van der Waals surface area contributed by atoms with Crippen LogP contribution in [0.1, 0.15) is 15.9 Å². The van der Waals surface area contributed by atoms with Crippen molar-refractivity contribution in [1.82, 2.24) is 5.32 Å². The van der Waals surface area contributed by atoms with Crippen molar-refractivity contribution in [1.29, 1.82) is 0 Å². The molecule has 0 saturated heterocycles. The van der Waals surface area contributed by atoms with Gasteiger partial charge in [0, 0.05) is 23.9 Å². The number of hydrogen-bond donors (Lipinski definition) is 2. The number of methoxy groups -OCH3 is 1. The number of fused-ring (bicyclic) bond motifs is 1. The average Bonchev–Trinajstić information content (AvgIpc) is 2.66. The van der Waals surface area contributed by atoms with Crippen molar-refractivity contribution in [3.8, 4) is 5.75 Å². The molecule has 1 amide bonds. The molecular formula is C20H17NO6. The van der Waals surface area contributed by atoms with Crippen molar-refractivity contribution >= 4 is 22.8 Å². The minimum Gasteiger partial charge on any atom is -0.507 e. The molecule has 3 aromatic rings. The lowest BCUT2D eigenvalue weighted by atomic mass is 10.0. The second kappa shape index (κ2) is 7.74. The van der Waals surface area contributed by atoms with Crippen molar-refractivity contribution in [2.75, 3.05) is 7.11 Å². The van der Waals surface area contributed by atoms with E-state index in [-0.39, 0.29) is 23.3 Å². The molecule has 138 valence electrons. The van der Waals surface area contributed by atoms with Gasteiger partial charge in [-0.3, -0.25) is 4.79 Å². The zero-order valence-corrected chi connectivity index (χ0v) is 14.5. The summed E-state index contributed by atoms with van der Waals surface area (Å²) in [5.41, 5.74) is 0.397. The summed E-state index contributed by atoms with van der Waals surface area (Å²) in [7, 11) is 1.24. The Morgan fingerprint density at radius 3 is 2.59 bits per heavy atom. The van der Waals surface area contributed by atoms with E-state index in [0.717, 1.165) is 5.56 Å². The summed E-state index contributed by atoms with van der Waals surface area (Å²) in [6.45, 7) is 0. The van der Waals surface area contributed by atoms with Crippen LogP contribution in [0.15, 0.2) is 63.8 Å². The minimum atomic E-state index is -0.922. The molecule has 7 heteroatoms. The molecule has 3 rings (SSSR count). The Labute approximate surface area is 154 Å². The van der Waals surface area contributed by atoms with E-state index in [0.29, 0.717) is 5.39 Å². The van der Waals surface area contributed by atoms with Gasteiger partial charge in [0.05, 0.1) is 12.7 Å². The second-order valence-electron chi connectivity index (χ2n) is 5.90. The van der Waals surface area contributed by atoms with E-state index < -0.39 is 23.5 Å². The lowest BCUT2D eigenvalue weighted by molar-refractivity contribution is -0.142. The van der Waals surface area contributed by atoms with E-state index in [9.17, 15) is 19.5 Å². The molecular weight excluding hydrogens is 350 g/mol. The topological polar surface area (TPSA) is 106 Å². The molecule has 0 aliphatic heterocycles. The lowest BCUT2D eigenvalue weighted by Gasteiger charge is -2.17. The van der Waals surface area contributed by atoms with Gasteiger partial charge in [-0.2, -0.15) is 0 Å². The summed E-state index contributed by atoms with van der Waals surface area (Å²) in [5.74, 6) is -1.61. The Morgan fingerprint density at radius 1 is 1.15 bits per heavy atom. The molecule has 1 aromatic heterocycles.